The maximum Gasteiger partial charge on any atom is 0.303 e. The fraction of sp³-hybridized carbons (Fsp3) is 0.273. The Labute approximate surface area is 181 Å². The van der Waals surface area contributed by atoms with Crippen molar-refractivity contribution in [2.45, 2.75) is 18.9 Å². The molecule has 3 aromatic rings. The van der Waals surface area contributed by atoms with Crippen LogP contribution in [0.5, 0.6) is 0 Å². The third-order valence-corrected chi connectivity index (χ3v) is 7.25. The molecule has 4 rings (SSSR count). The van der Waals surface area contributed by atoms with E-state index in [1.54, 1.807) is 0 Å². The smallest absolute Gasteiger partial charge is 0.303 e. The van der Waals surface area contributed by atoms with Gasteiger partial charge < -0.3 is 9.88 Å². The minimum atomic E-state index is -3.99. The molecule has 0 saturated carbocycles. The highest BCUT2D eigenvalue weighted by Gasteiger charge is 2.45. The van der Waals surface area contributed by atoms with Crippen molar-refractivity contribution in [1.29, 1.82) is 0 Å². The number of nitrogens with zero attached hydrogens (tertiary/aromatic N) is 2. The van der Waals surface area contributed by atoms with Crippen LogP contribution in [0.15, 0.2) is 60.7 Å². The zero-order valence-electron chi connectivity index (χ0n) is 17.3. The van der Waals surface area contributed by atoms with Crippen molar-refractivity contribution in [2.24, 2.45) is 7.05 Å². The van der Waals surface area contributed by atoms with E-state index >= 15 is 0 Å². The van der Waals surface area contributed by atoms with E-state index in [4.69, 9.17) is 0 Å². The zero-order chi connectivity index (χ0) is 22.2. The predicted octanol–water partition coefficient (Wildman–Crippen LogP) is 1.89. The highest BCUT2D eigenvalue weighted by Crippen LogP contribution is 2.34. The molecule has 1 saturated heterocycles. The van der Waals surface area contributed by atoms with Gasteiger partial charge in [0.2, 0.25) is 5.91 Å². The Balaban J connectivity index is 1.69. The van der Waals surface area contributed by atoms with E-state index in [0.29, 0.717) is 12.1 Å². The van der Waals surface area contributed by atoms with E-state index in [-0.39, 0.29) is 19.0 Å². The van der Waals surface area contributed by atoms with Crippen molar-refractivity contribution in [3.05, 3.63) is 71.9 Å². The lowest BCUT2D eigenvalue weighted by Gasteiger charge is -2.31. The number of benzene rings is 2. The molecule has 1 unspecified atom stereocenters. The molecule has 1 atom stereocenters. The fourth-order valence-corrected chi connectivity index (χ4v) is 5.40. The van der Waals surface area contributed by atoms with Gasteiger partial charge in [-0.25, -0.2) is 4.72 Å². The van der Waals surface area contributed by atoms with Crippen molar-refractivity contribution < 1.29 is 18.0 Å². The summed E-state index contributed by atoms with van der Waals surface area (Å²) in [5, 5.41) is 4.05. The van der Waals surface area contributed by atoms with Gasteiger partial charge in [0.15, 0.2) is 0 Å². The Morgan fingerprint density at radius 2 is 1.71 bits per heavy atom. The van der Waals surface area contributed by atoms with E-state index in [9.17, 15) is 18.0 Å². The first-order chi connectivity index (χ1) is 14.7. The van der Waals surface area contributed by atoms with Crippen LogP contribution in [-0.4, -0.2) is 42.2 Å². The second-order valence-corrected chi connectivity index (χ2v) is 9.47. The van der Waals surface area contributed by atoms with Crippen molar-refractivity contribution in [1.82, 2.24) is 18.9 Å². The number of para-hydroxylation sites is 1. The highest BCUT2D eigenvalue weighted by atomic mass is 32.2. The van der Waals surface area contributed by atoms with Crippen molar-refractivity contribution >= 4 is 32.9 Å². The zero-order valence-corrected chi connectivity index (χ0v) is 18.1. The molecule has 8 nitrogen and oxygen atoms in total. The Bertz CT molecular complexity index is 1250. The second-order valence-electron chi connectivity index (χ2n) is 7.80. The number of hydrogen-bond donors (Lipinski definition) is 2. The van der Waals surface area contributed by atoms with Crippen molar-refractivity contribution in [3.8, 4) is 0 Å². The first kappa shape index (κ1) is 21.1. The predicted molar refractivity (Wildman–Crippen MR) is 117 cm³/mol. The first-order valence-corrected chi connectivity index (χ1v) is 11.4. The maximum absolute atomic E-state index is 13.3. The first-order valence-electron chi connectivity index (χ1n) is 9.93. The van der Waals surface area contributed by atoms with Gasteiger partial charge in [0, 0.05) is 38.0 Å². The molecule has 0 spiro atoms. The molecule has 2 heterocycles. The number of aryl methyl sites for hydroxylation is 1. The van der Waals surface area contributed by atoms with Crippen LogP contribution in [0.25, 0.3) is 10.9 Å². The number of carbonyl (C=O) groups is 2. The molecular formula is C22H24N4O4S. The standard InChI is InChI=1S/C22H24N4O4S/c1-16(27)24-31(29,30)26-13-12-22(15-26,18-9-4-3-5-10-18)23-21(28)20-14-17-8-6-7-11-19(17)25(20)2/h3-11,14H,12-13,15H2,1-2H3,(H,23,28)(H,24,27). The Hall–Kier alpha value is -3.17. The summed E-state index contributed by atoms with van der Waals surface area (Å²) in [5.41, 5.74) is 1.31. The van der Waals surface area contributed by atoms with Crippen LogP contribution in [-0.2, 0) is 27.6 Å². The molecule has 2 aromatic carbocycles. The van der Waals surface area contributed by atoms with Crippen LogP contribution < -0.4 is 10.0 Å². The molecule has 162 valence electrons. The van der Waals surface area contributed by atoms with Gasteiger partial charge in [-0.3, -0.25) is 9.59 Å². The van der Waals surface area contributed by atoms with Crippen LogP contribution >= 0.6 is 0 Å². The SMILES string of the molecule is CC(=O)NS(=O)(=O)N1CCC(NC(=O)c2cc3ccccc3n2C)(c2ccccc2)C1. The topological polar surface area (TPSA) is 101 Å². The van der Waals surface area contributed by atoms with E-state index in [2.05, 4.69) is 5.32 Å². The molecule has 1 fully saturated rings. The van der Waals surface area contributed by atoms with Crippen molar-refractivity contribution in [2.75, 3.05) is 13.1 Å². The highest BCUT2D eigenvalue weighted by molar-refractivity contribution is 7.87. The summed E-state index contributed by atoms with van der Waals surface area (Å²) in [5.74, 6) is -0.946. The Morgan fingerprint density at radius 1 is 1.03 bits per heavy atom. The van der Waals surface area contributed by atoms with Crippen LogP contribution in [0.1, 0.15) is 29.4 Å². The number of carbonyl (C=O) groups excluding carboxylic acids is 2. The van der Waals surface area contributed by atoms with Gasteiger partial charge in [-0.15, -0.1) is 0 Å². The average Bonchev–Trinajstić information content (AvgIpc) is 3.31. The number of rotatable bonds is 5. The number of hydrogen-bond acceptors (Lipinski definition) is 4. The fourth-order valence-electron chi connectivity index (χ4n) is 4.18. The molecule has 1 aliphatic heterocycles. The third kappa shape index (κ3) is 3.94. The van der Waals surface area contributed by atoms with E-state index < -0.39 is 21.7 Å². The summed E-state index contributed by atoms with van der Waals surface area (Å²) in [7, 11) is -2.16. The van der Waals surface area contributed by atoms with Gasteiger partial charge in [0.05, 0.1) is 5.54 Å². The summed E-state index contributed by atoms with van der Waals surface area (Å²) < 4.78 is 30.2. The van der Waals surface area contributed by atoms with Gasteiger partial charge in [-0.05, 0) is 24.1 Å². The number of aromatic nitrogens is 1. The number of amides is 2. The van der Waals surface area contributed by atoms with Crippen LogP contribution in [0, 0.1) is 0 Å². The van der Waals surface area contributed by atoms with Gasteiger partial charge in [0.25, 0.3) is 5.91 Å². The summed E-state index contributed by atoms with van der Waals surface area (Å²) in [6.45, 7) is 1.35. The molecular weight excluding hydrogens is 416 g/mol. The summed E-state index contributed by atoms with van der Waals surface area (Å²) in [6, 6.07) is 18.8. The normalized spacial score (nSPS) is 19.4. The molecule has 2 amide bonds. The Morgan fingerprint density at radius 3 is 2.39 bits per heavy atom. The van der Waals surface area contributed by atoms with Gasteiger partial charge in [0.1, 0.15) is 5.69 Å². The molecule has 0 radical (unpaired) electrons. The largest absolute Gasteiger partial charge is 0.340 e. The minimum absolute atomic E-state index is 0.0231. The number of fused-ring (bicyclic) bond motifs is 1. The van der Waals surface area contributed by atoms with Crippen LogP contribution in [0.3, 0.4) is 0 Å². The van der Waals surface area contributed by atoms with Gasteiger partial charge in [-0.2, -0.15) is 12.7 Å². The quantitative estimate of drug-likeness (QED) is 0.633. The lowest BCUT2D eigenvalue weighted by atomic mass is 9.89. The summed E-state index contributed by atoms with van der Waals surface area (Å²) in [4.78, 5) is 24.7. The molecule has 1 aromatic heterocycles. The lowest BCUT2D eigenvalue weighted by molar-refractivity contribution is -0.117. The van der Waals surface area contributed by atoms with E-state index in [0.717, 1.165) is 23.4 Å². The summed E-state index contributed by atoms with van der Waals surface area (Å²) >= 11 is 0. The monoisotopic (exact) mass is 440 g/mol. The number of nitrogens with one attached hydrogen (secondary N) is 2. The molecule has 0 aliphatic carbocycles. The van der Waals surface area contributed by atoms with Crippen LogP contribution in [0.2, 0.25) is 0 Å². The Kier molecular flexibility index (Phi) is 5.32. The average molecular weight is 441 g/mol. The van der Waals surface area contributed by atoms with Gasteiger partial charge >= 0.3 is 10.2 Å². The van der Waals surface area contributed by atoms with E-state index in [1.165, 1.54) is 4.31 Å². The van der Waals surface area contributed by atoms with E-state index in [1.807, 2.05) is 77.0 Å². The molecule has 1 aliphatic rings. The molecule has 31 heavy (non-hydrogen) atoms. The van der Waals surface area contributed by atoms with Gasteiger partial charge in [-0.1, -0.05) is 48.5 Å². The third-order valence-electron chi connectivity index (χ3n) is 5.71. The summed E-state index contributed by atoms with van der Waals surface area (Å²) in [6.07, 6.45) is 0.380. The van der Waals surface area contributed by atoms with Crippen LogP contribution in [0.4, 0.5) is 0 Å². The lowest BCUT2D eigenvalue weighted by Crippen LogP contribution is -2.50. The molecule has 2 N–H and O–H groups in total. The second kappa shape index (κ2) is 7.82. The maximum atomic E-state index is 13.3. The molecule has 9 heteroatoms. The molecule has 0 bridgehead atoms. The minimum Gasteiger partial charge on any atom is -0.340 e. The van der Waals surface area contributed by atoms with Crippen molar-refractivity contribution in [3.63, 3.8) is 0 Å².